The van der Waals surface area contributed by atoms with Gasteiger partial charge in [-0.1, -0.05) is 34.8 Å². The van der Waals surface area contributed by atoms with E-state index >= 15 is 0 Å². The maximum Gasteiger partial charge on any atom is 0.243 e. The molecule has 0 spiro atoms. The van der Waals surface area contributed by atoms with Gasteiger partial charge in [-0.05, 0) is 36.4 Å². The predicted molar refractivity (Wildman–Crippen MR) is 85.0 cm³/mol. The van der Waals surface area contributed by atoms with Gasteiger partial charge in [-0.3, -0.25) is 4.79 Å². The summed E-state index contributed by atoms with van der Waals surface area (Å²) in [6.45, 7) is 0.0208. The van der Waals surface area contributed by atoms with Crippen molar-refractivity contribution in [2.24, 2.45) is 0 Å². The molecule has 0 aliphatic rings. The number of hydrogen-bond donors (Lipinski definition) is 2. The molecule has 0 radical (unpaired) electrons. The fourth-order valence-corrected chi connectivity index (χ4v) is 2.05. The summed E-state index contributed by atoms with van der Waals surface area (Å²) in [5.41, 5.74) is 1.08. The molecule has 0 saturated heterocycles. The number of benzene rings is 2. The van der Waals surface area contributed by atoms with E-state index in [4.69, 9.17) is 34.8 Å². The second-order valence-electron chi connectivity index (χ2n) is 4.16. The molecule has 110 valence electrons. The number of amides is 1. The van der Waals surface area contributed by atoms with Crippen molar-refractivity contribution in [3.8, 4) is 0 Å². The summed E-state index contributed by atoms with van der Waals surface area (Å²) >= 11 is 17.3. The molecule has 0 aromatic heterocycles. The molecule has 1 amide bonds. The van der Waals surface area contributed by atoms with Crippen LogP contribution in [0.25, 0.3) is 0 Å². The summed E-state index contributed by atoms with van der Waals surface area (Å²) in [5, 5.41) is 6.27. The van der Waals surface area contributed by atoms with Crippen LogP contribution in [0.15, 0.2) is 36.4 Å². The Bertz CT molecular complexity index is 679. The summed E-state index contributed by atoms with van der Waals surface area (Å²) < 4.78 is 13.0. The first-order valence-corrected chi connectivity index (χ1v) is 7.03. The van der Waals surface area contributed by atoms with Crippen LogP contribution in [0, 0.1) is 5.82 Å². The topological polar surface area (TPSA) is 41.1 Å². The molecule has 21 heavy (non-hydrogen) atoms. The largest absolute Gasteiger partial charge is 0.376 e. The van der Waals surface area contributed by atoms with Gasteiger partial charge in [0.05, 0.1) is 21.6 Å². The SMILES string of the molecule is O=C(CNc1ccc(Cl)c(Cl)c1)Nc1ccc(F)c(Cl)c1. The van der Waals surface area contributed by atoms with Crippen molar-refractivity contribution in [3.05, 3.63) is 57.3 Å². The average molecular weight is 348 g/mol. The number of carbonyl (C=O) groups excluding carboxylic acids is 1. The van der Waals surface area contributed by atoms with E-state index in [9.17, 15) is 9.18 Å². The van der Waals surface area contributed by atoms with Gasteiger partial charge in [0, 0.05) is 11.4 Å². The van der Waals surface area contributed by atoms with Crippen molar-refractivity contribution < 1.29 is 9.18 Å². The van der Waals surface area contributed by atoms with Crippen LogP contribution in [0.3, 0.4) is 0 Å². The highest BCUT2D eigenvalue weighted by Gasteiger charge is 2.06. The molecule has 2 N–H and O–H groups in total. The normalized spacial score (nSPS) is 10.3. The van der Waals surface area contributed by atoms with Crippen LogP contribution in [-0.2, 0) is 4.79 Å². The van der Waals surface area contributed by atoms with Crippen molar-refractivity contribution in [2.45, 2.75) is 0 Å². The van der Waals surface area contributed by atoms with E-state index in [1.54, 1.807) is 18.2 Å². The molecule has 7 heteroatoms. The third kappa shape index (κ3) is 4.49. The van der Waals surface area contributed by atoms with E-state index in [0.29, 0.717) is 21.4 Å². The zero-order valence-electron chi connectivity index (χ0n) is 10.6. The zero-order valence-corrected chi connectivity index (χ0v) is 12.9. The zero-order chi connectivity index (χ0) is 15.4. The van der Waals surface area contributed by atoms with E-state index in [-0.39, 0.29) is 17.5 Å². The number of carbonyl (C=O) groups is 1. The fraction of sp³-hybridized carbons (Fsp3) is 0.0714. The number of anilines is 2. The quantitative estimate of drug-likeness (QED) is 0.831. The van der Waals surface area contributed by atoms with Gasteiger partial charge in [0.15, 0.2) is 0 Å². The lowest BCUT2D eigenvalue weighted by molar-refractivity contribution is -0.114. The van der Waals surface area contributed by atoms with E-state index in [1.165, 1.54) is 18.2 Å². The minimum absolute atomic E-state index is 0.0208. The summed E-state index contributed by atoms with van der Waals surface area (Å²) in [5.74, 6) is -0.840. The smallest absolute Gasteiger partial charge is 0.243 e. The van der Waals surface area contributed by atoms with Crippen molar-refractivity contribution in [1.82, 2.24) is 0 Å². The Morgan fingerprint density at radius 3 is 2.29 bits per heavy atom. The summed E-state index contributed by atoms with van der Waals surface area (Å²) in [7, 11) is 0. The number of halogens is 4. The van der Waals surface area contributed by atoms with Crippen LogP contribution < -0.4 is 10.6 Å². The highest BCUT2D eigenvalue weighted by molar-refractivity contribution is 6.42. The maximum absolute atomic E-state index is 13.0. The molecule has 2 aromatic carbocycles. The maximum atomic E-state index is 13.0. The fourth-order valence-electron chi connectivity index (χ4n) is 1.57. The van der Waals surface area contributed by atoms with E-state index in [2.05, 4.69) is 10.6 Å². The number of nitrogens with one attached hydrogen (secondary N) is 2. The molecule has 3 nitrogen and oxygen atoms in total. The molecule has 2 rings (SSSR count). The number of rotatable bonds is 4. The molecule has 0 aliphatic heterocycles. The summed E-state index contributed by atoms with van der Waals surface area (Å²) in [4.78, 5) is 11.8. The molecule has 0 atom stereocenters. The van der Waals surface area contributed by atoms with Crippen LogP contribution in [-0.4, -0.2) is 12.5 Å². The van der Waals surface area contributed by atoms with Gasteiger partial charge >= 0.3 is 0 Å². The second kappa shape index (κ2) is 6.98. The van der Waals surface area contributed by atoms with E-state index < -0.39 is 5.82 Å². The highest BCUT2D eigenvalue weighted by Crippen LogP contribution is 2.25. The van der Waals surface area contributed by atoms with Gasteiger partial charge in [0.25, 0.3) is 0 Å². The number of hydrogen-bond acceptors (Lipinski definition) is 2. The lowest BCUT2D eigenvalue weighted by atomic mass is 10.3. The molecule has 2 aromatic rings. The lowest BCUT2D eigenvalue weighted by Gasteiger charge is -2.09. The van der Waals surface area contributed by atoms with Gasteiger partial charge in [-0.25, -0.2) is 4.39 Å². The summed E-state index contributed by atoms with van der Waals surface area (Å²) in [6.07, 6.45) is 0. The van der Waals surface area contributed by atoms with Gasteiger partial charge in [-0.2, -0.15) is 0 Å². The van der Waals surface area contributed by atoms with Crippen LogP contribution in [0.1, 0.15) is 0 Å². The van der Waals surface area contributed by atoms with Crippen molar-refractivity contribution >= 4 is 52.1 Å². The van der Waals surface area contributed by atoms with Gasteiger partial charge < -0.3 is 10.6 Å². The molecule has 0 bridgehead atoms. The molecule has 0 unspecified atom stereocenters. The Hall–Kier alpha value is -1.49. The molecule has 0 heterocycles. The monoisotopic (exact) mass is 346 g/mol. The Labute approximate surface area is 136 Å². The third-order valence-corrected chi connectivity index (χ3v) is 3.60. The lowest BCUT2D eigenvalue weighted by Crippen LogP contribution is -2.21. The van der Waals surface area contributed by atoms with E-state index in [0.717, 1.165) is 0 Å². The highest BCUT2D eigenvalue weighted by atomic mass is 35.5. The average Bonchev–Trinajstić information content (AvgIpc) is 2.44. The first-order chi connectivity index (χ1) is 9.95. The van der Waals surface area contributed by atoms with Crippen molar-refractivity contribution in [2.75, 3.05) is 17.2 Å². The van der Waals surface area contributed by atoms with Crippen molar-refractivity contribution in [1.29, 1.82) is 0 Å². The minimum Gasteiger partial charge on any atom is -0.376 e. The minimum atomic E-state index is -0.538. The standard InChI is InChI=1S/C14H10Cl3FN2O/c15-10-3-1-8(5-11(10)16)19-7-14(21)20-9-2-4-13(18)12(17)6-9/h1-6,19H,7H2,(H,20,21). The summed E-state index contributed by atoms with van der Waals surface area (Å²) in [6, 6.07) is 8.91. The predicted octanol–water partition coefficient (Wildman–Crippen LogP) is 4.84. The van der Waals surface area contributed by atoms with Gasteiger partial charge in [0.2, 0.25) is 5.91 Å². The molecular weight excluding hydrogens is 338 g/mol. The second-order valence-corrected chi connectivity index (χ2v) is 5.38. The Morgan fingerprint density at radius 1 is 0.952 bits per heavy atom. The molecule has 0 aliphatic carbocycles. The van der Waals surface area contributed by atoms with Gasteiger partial charge in [0.1, 0.15) is 5.82 Å². The molecule has 0 fully saturated rings. The molecule has 0 saturated carbocycles. The van der Waals surface area contributed by atoms with Crippen LogP contribution in [0.2, 0.25) is 15.1 Å². The third-order valence-electron chi connectivity index (χ3n) is 2.58. The molecular formula is C14H10Cl3FN2O. The van der Waals surface area contributed by atoms with Crippen LogP contribution in [0.5, 0.6) is 0 Å². The van der Waals surface area contributed by atoms with E-state index in [1.807, 2.05) is 0 Å². The van der Waals surface area contributed by atoms with Gasteiger partial charge in [-0.15, -0.1) is 0 Å². The van der Waals surface area contributed by atoms with Crippen LogP contribution in [0.4, 0.5) is 15.8 Å². The van der Waals surface area contributed by atoms with Crippen molar-refractivity contribution in [3.63, 3.8) is 0 Å². The Balaban J connectivity index is 1.92. The Morgan fingerprint density at radius 2 is 1.62 bits per heavy atom. The Kier molecular flexibility index (Phi) is 5.28. The first-order valence-electron chi connectivity index (χ1n) is 5.89. The van der Waals surface area contributed by atoms with Crippen LogP contribution >= 0.6 is 34.8 Å². The first kappa shape index (κ1) is 15.9.